The molecule has 0 bridgehead atoms. The summed E-state index contributed by atoms with van der Waals surface area (Å²) >= 11 is 3.18. The molecule has 1 heterocycles. The SMILES string of the molecule is CC(C(=O)O)(c1ccc(Br)cc1F)N1CCCC1. The molecule has 0 spiro atoms. The predicted octanol–water partition coefficient (Wildman–Crippen LogP) is 2.98. The van der Waals surface area contributed by atoms with Gasteiger partial charge in [0.2, 0.25) is 0 Å². The zero-order chi connectivity index (χ0) is 13.3. The summed E-state index contributed by atoms with van der Waals surface area (Å²) in [7, 11) is 0. The number of carboxylic acid groups (broad SMARTS) is 1. The number of nitrogens with zero attached hydrogens (tertiary/aromatic N) is 1. The lowest BCUT2D eigenvalue weighted by Gasteiger charge is -2.35. The number of hydrogen-bond acceptors (Lipinski definition) is 2. The quantitative estimate of drug-likeness (QED) is 0.932. The molecule has 1 aromatic carbocycles. The number of carbonyl (C=O) groups is 1. The molecule has 0 aromatic heterocycles. The van der Waals surface area contributed by atoms with E-state index in [2.05, 4.69) is 15.9 Å². The van der Waals surface area contributed by atoms with Crippen molar-refractivity contribution >= 4 is 21.9 Å². The van der Waals surface area contributed by atoms with E-state index in [1.54, 1.807) is 19.1 Å². The van der Waals surface area contributed by atoms with Gasteiger partial charge in [0.15, 0.2) is 0 Å². The number of aliphatic carboxylic acids is 1. The van der Waals surface area contributed by atoms with E-state index < -0.39 is 17.3 Å². The van der Waals surface area contributed by atoms with Crippen molar-refractivity contribution in [2.45, 2.75) is 25.3 Å². The van der Waals surface area contributed by atoms with E-state index in [0.29, 0.717) is 17.6 Å². The highest BCUT2D eigenvalue weighted by Gasteiger charge is 2.44. The van der Waals surface area contributed by atoms with Crippen LogP contribution in [0.3, 0.4) is 0 Å². The first-order chi connectivity index (χ1) is 8.46. The molecule has 2 rings (SSSR count). The predicted molar refractivity (Wildman–Crippen MR) is 69.9 cm³/mol. The first-order valence-corrected chi connectivity index (χ1v) is 6.69. The summed E-state index contributed by atoms with van der Waals surface area (Å²) in [5, 5.41) is 9.52. The summed E-state index contributed by atoms with van der Waals surface area (Å²) in [6.45, 7) is 2.96. The molecule has 98 valence electrons. The Morgan fingerprint density at radius 1 is 1.44 bits per heavy atom. The van der Waals surface area contributed by atoms with Crippen LogP contribution in [0.15, 0.2) is 22.7 Å². The van der Waals surface area contributed by atoms with Crippen LogP contribution in [0.1, 0.15) is 25.3 Å². The van der Waals surface area contributed by atoms with Crippen LogP contribution in [0.2, 0.25) is 0 Å². The zero-order valence-electron chi connectivity index (χ0n) is 10.1. The van der Waals surface area contributed by atoms with Crippen LogP contribution < -0.4 is 0 Å². The van der Waals surface area contributed by atoms with Crippen LogP contribution in [-0.4, -0.2) is 29.1 Å². The van der Waals surface area contributed by atoms with Crippen LogP contribution >= 0.6 is 15.9 Å². The van der Waals surface area contributed by atoms with Gasteiger partial charge in [-0.1, -0.05) is 22.0 Å². The Morgan fingerprint density at radius 2 is 2.06 bits per heavy atom. The molecule has 1 aromatic rings. The maximum absolute atomic E-state index is 14.0. The lowest BCUT2D eigenvalue weighted by atomic mass is 9.90. The maximum atomic E-state index is 14.0. The molecule has 1 atom stereocenters. The molecule has 1 aliphatic rings. The van der Waals surface area contributed by atoms with Crippen molar-refractivity contribution < 1.29 is 14.3 Å². The molecule has 1 N–H and O–H groups in total. The summed E-state index contributed by atoms with van der Waals surface area (Å²) < 4.78 is 14.6. The van der Waals surface area contributed by atoms with Crippen LogP contribution in [0, 0.1) is 5.82 Å². The first-order valence-electron chi connectivity index (χ1n) is 5.90. The van der Waals surface area contributed by atoms with Crippen molar-refractivity contribution in [3.8, 4) is 0 Å². The Bertz CT molecular complexity index is 474. The average molecular weight is 316 g/mol. The van der Waals surface area contributed by atoms with Gasteiger partial charge >= 0.3 is 5.97 Å². The van der Waals surface area contributed by atoms with Gasteiger partial charge in [0.05, 0.1) is 0 Å². The number of likely N-dealkylation sites (tertiary alicyclic amines) is 1. The number of benzene rings is 1. The third-order valence-corrected chi connectivity index (χ3v) is 4.10. The summed E-state index contributed by atoms with van der Waals surface area (Å²) in [5.41, 5.74) is -1.07. The Labute approximate surface area is 114 Å². The van der Waals surface area contributed by atoms with Crippen LogP contribution in [-0.2, 0) is 10.3 Å². The third-order valence-electron chi connectivity index (χ3n) is 3.61. The highest BCUT2D eigenvalue weighted by Crippen LogP contribution is 2.34. The van der Waals surface area contributed by atoms with Crippen LogP contribution in [0.25, 0.3) is 0 Å². The minimum absolute atomic E-state index is 0.222. The topological polar surface area (TPSA) is 40.5 Å². The van der Waals surface area contributed by atoms with Gasteiger partial charge in [0.1, 0.15) is 11.4 Å². The molecule has 0 radical (unpaired) electrons. The Hall–Kier alpha value is -0.940. The largest absolute Gasteiger partial charge is 0.480 e. The Kier molecular flexibility index (Phi) is 3.73. The number of hydrogen-bond donors (Lipinski definition) is 1. The molecule has 0 aliphatic carbocycles. The van der Waals surface area contributed by atoms with E-state index >= 15 is 0 Å². The number of halogens is 2. The van der Waals surface area contributed by atoms with E-state index in [1.165, 1.54) is 6.07 Å². The first kappa shape index (κ1) is 13.5. The minimum atomic E-state index is -1.29. The van der Waals surface area contributed by atoms with E-state index in [1.807, 2.05) is 4.90 Å². The van der Waals surface area contributed by atoms with Crippen molar-refractivity contribution in [2.24, 2.45) is 0 Å². The van der Waals surface area contributed by atoms with Gasteiger partial charge in [-0.15, -0.1) is 0 Å². The monoisotopic (exact) mass is 315 g/mol. The number of rotatable bonds is 3. The van der Waals surface area contributed by atoms with Crippen LogP contribution in [0.4, 0.5) is 4.39 Å². The van der Waals surface area contributed by atoms with E-state index in [0.717, 1.165) is 12.8 Å². The Balaban J connectivity index is 2.49. The Morgan fingerprint density at radius 3 is 2.56 bits per heavy atom. The van der Waals surface area contributed by atoms with Crippen molar-refractivity contribution in [2.75, 3.05) is 13.1 Å². The van der Waals surface area contributed by atoms with Crippen LogP contribution in [0.5, 0.6) is 0 Å². The average Bonchev–Trinajstić information content (AvgIpc) is 2.81. The molecule has 1 fully saturated rings. The summed E-state index contributed by atoms with van der Waals surface area (Å²) in [6, 6.07) is 4.54. The second-order valence-corrected chi connectivity index (χ2v) is 5.61. The normalized spacial score (nSPS) is 19.7. The highest BCUT2D eigenvalue weighted by atomic mass is 79.9. The van der Waals surface area contributed by atoms with Gasteiger partial charge < -0.3 is 5.11 Å². The fourth-order valence-corrected chi connectivity index (χ4v) is 2.80. The van der Waals surface area contributed by atoms with Gasteiger partial charge in [-0.2, -0.15) is 0 Å². The minimum Gasteiger partial charge on any atom is -0.480 e. The highest BCUT2D eigenvalue weighted by molar-refractivity contribution is 9.10. The summed E-state index contributed by atoms with van der Waals surface area (Å²) in [4.78, 5) is 13.5. The van der Waals surface area contributed by atoms with Gasteiger partial charge in [0.25, 0.3) is 0 Å². The van der Waals surface area contributed by atoms with Crippen molar-refractivity contribution in [3.63, 3.8) is 0 Å². The van der Waals surface area contributed by atoms with Gasteiger partial charge in [-0.3, -0.25) is 4.90 Å². The van der Waals surface area contributed by atoms with Gasteiger partial charge in [-0.25, -0.2) is 9.18 Å². The molecule has 1 saturated heterocycles. The van der Waals surface area contributed by atoms with E-state index in [9.17, 15) is 14.3 Å². The summed E-state index contributed by atoms with van der Waals surface area (Å²) in [6.07, 6.45) is 1.92. The fourth-order valence-electron chi connectivity index (χ4n) is 2.47. The van der Waals surface area contributed by atoms with E-state index in [-0.39, 0.29) is 5.56 Å². The molecule has 0 amide bonds. The zero-order valence-corrected chi connectivity index (χ0v) is 11.7. The standard InChI is InChI=1S/C13H15BrFNO2/c1-13(12(17)18,16-6-2-3-7-16)10-5-4-9(14)8-11(10)15/h4-5,8H,2-3,6-7H2,1H3,(H,17,18). The number of carboxylic acids is 1. The second kappa shape index (κ2) is 4.97. The molecular weight excluding hydrogens is 301 g/mol. The lowest BCUT2D eigenvalue weighted by Crippen LogP contribution is -2.49. The molecular formula is C13H15BrFNO2. The maximum Gasteiger partial charge on any atom is 0.328 e. The van der Waals surface area contributed by atoms with Crippen molar-refractivity contribution in [3.05, 3.63) is 34.1 Å². The summed E-state index contributed by atoms with van der Waals surface area (Å²) in [5.74, 6) is -1.49. The molecule has 0 saturated carbocycles. The lowest BCUT2D eigenvalue weighted by molar-refractivity contribution is -0.150. The smallest absolute Gasteiger partial charge is 0.328 e. The molecule has 1 aliphatic heterocycles. The second-order valence-electron chi connectivity index (χ2n) is 4.70. The fraction of sp³-hybridized carbons (Fsp3) is 0.462. The molecule has 5 heteroatoms. The molecule has 18 heavy (non-hydrogen) atoms. The molecule has 1 unspecified atom stereocenters. The van der Waals surface area contributed by atoms with E-state index in [4.69, 9.17) is 0 Å². The van der Waals surface area contributed by atoms with Crippen molar-refractivity contribution in [1.82, 2.24) is 4.90 Å². The van der Waals surface area contributed by atoms with Gasteiger partial charge in [-0.05, 0) is 45.0 Å². The third kappa shape index (κ3) is 2.17. The van der Waals surface area contributed by atoms with Crippen molar-refractivity contribution in [1.29, 1.82) is 0 Å². The van der Waals surface area contributed by atoms with Gasteiger partial charge in [0, 0.05) is 10.0 Å². The molecule has 3 nitrogen and oxygen atoms in total.